The number of hydrogen-bond acceptors (Lipinski definition) is 2. The molecular formula is C17H19BrCl2O2. The van der Waals surface area contributed by atoms with Gasteiger partial charge in [0.2, 0.25) is 0 Å². The Balaban J connectivity index is 2.38. The predicted molar refractivity (Wildman–Crippen MR) is 95.6 cm³/mol. The maximum absolute atomic E-state index is 11.4. The smallest absolute Gasteiger partial charge is 0.384 e. The first-order chi connectivity index (χ1) is 10.2. The van der Waals surface area contributed by atoms with Gasteiger partial charge in [0.15, 0.2) is 0 Å². The summed E-state index contributed by atoms with van der Waals surface area (Å²) in [6, 6.07) is 5.59. The standard InChI is InChI=1S/C17H19BrCl2O2/c1-17(2,3)22-16(21)8-6-4-5-7-13(18)12-9-10-14(19)15(20)11-12/h9-11,13H,4-5,7H2,1-3H3. The molecule has 1 aromatic rings. The molecule has 0 bridgehead atoms. The van der Waals surface area contributed by atoms with Crippen molar-refractivity contribution in [2.24, 2.45) is 0 Å². The van der Waals surface area contributed by atoms with E-state index < -0.39 is 11.6 Å². The number of esters is 1. The quantitative estimate of drug-likeness (QED) is 0.203. The second-order valence-corrected chi connectivity index (χ2v) is 7.76. The number of benzene rings is 1. The number of carbonyl (C=O) groups excluding carboxylic acids is 1. The average Bonchev–Trinajstić information content (AvgIpc) is 2.39. The Hall–Kier alpha value is -0.690. The van der Waals surface area contributed by atoms with Crippen LogP contribution >= 0.6 is 39.1 Å². The Kier molecular flexibility index (Phi) is 7.76. The van der Waals surface area contributed by atoms with Crippen LogP contribution in [0.5, 0.6) is 0 Å². The summed E-state index contributed by atoms with van der Waals surface area (Å²) in [6.45, 7) is 5.46. The molecule has 1 aromatic carbocycles. The van der Waals surface area contributed by atoms with Gasteiger partial charge in [-0.1, -0.05) is 51.1 Å². The maximum atomic E-state index is 11.4. The summed E-state index contributed by atoms with van der Waals surface area (Å²) in [6.07, 6.45) is 2.40. The second-order valence-electron chi connectivity index (χ2n) is 5.84. The zero-order chi connectivity index (χ0) is 16.8. The molecule has 0 aliphatic heterocycles. The van der Waals surface area contributed by atoms with Gasteiger partial charge in [0.1, 0.15) is 5.60 Å². The lowest BCUT2D eigenvalue weighted by atomic mass is 10.1. The Morgan fingerprint density at radius 3 is 2.59 bits per heavy atom. The molecule has 0 saturated heterocycles. The van der Waals surface area contributed by atoms with Crippen LogP contribution in [0.15, 0.2) is 18.2 Å². The summed E-state index contributed by atoms with van der Waals surface area (Å²) in [5, 5.41) is 1.10. The fraction of sp³-hybridized carbons (Fsp3) is 0.471. The molecule has 0 radical (unpaired) electrons. The minimum absolute atomic E-state index is 0.186. The monoisotopic (exact) mass is 404 g/mol. The largest absolute Gasteiger partial charge is 0.450 e. The molecule has 0 saturated carbocycles. The lowest BCUT2D eigenvalue weighted by molar-refractivity contribution is -0.147. The van der Waals surface area contributed by atoms with Gasteiger partial charge in [0.05, 0.1) is 10.0 Å². The van der Waals surface area contributed by atoms with Gasteiger partial charge < -0.3 is 4.74 Å². The van der Waals surface area contributed by atoms with Crippen LogP contribution in [0.1, 0.15) is 50.4 Å². The number of unbranched alkanes of at least 4 members (excludes halogenated alkanes) is 1. The fourth-order valence-corrected chi connectivity index (χ4v) is 2.60. The van der Waals surface area contributed by atoms with Crippen LogP contribution in [0.4, 0.5) is 0 Å². The molecule has 0 N–H and O–H groups in total. The van der Waals surface area contributed by atoms with Gasteiger partial charge in [0, 0.05) is 17.2 Å². The summed E-state index contributed by atoms with van der Waals surface area (Å²) in [7, 11) is 0. The van der Waals surface area contributed by atoms with Crippen molar-refractivity contribution in [3.05, 3.63) is 33.8 Å². The fourth-order valence-electron chi connectivity index (χ4n) is 1.68. The van der Waals surface area contributed by atoms with E-state index in [4.69, 9.17) is 27.9 Å². The third-order valence-electron chi connectivity index (χ3n) is 2.65. The molecule has 5 heteroatoms. The van der Waals surface area contributed by atoms with Crippen molar-refractivity contribution in [1.82, 2.24) is 0 Å². The number of halogens is 3. The Morgan fingerprint density at radius 2 is 2.00 bits per heavy atom. The van der Waals surface area contributed by atoms with Crippen LogP contribution in [0.25, 0.3) is 0 Å². The molecule has 0 aromatic heterocycles. The van der Waals surface area contributed by atoms with Crippen molar-refractivity contribution < 1.29 is 9.53 Å². The van der Waals surface area contributed by atoms with E-state index in [0.29, 0.717) is 16.5 Å². The molecule has 0 amide bonds. The third-order valence-corrected chi connectivity index (χ3v) is 4.38. The van der Waals surface area contributed by atoms with Crippen molar-refractivity contribution in [2.45, 2.75) is 50.5 Å². The van der Waals surface area contributed by atoms with E-state index in [9.17, 15) is 4.79 Å². The molecule has 2 nitrogen and oxygen atoms in total. The van der Waals surface area contributed by atoms with Crippen LogP contribution in [-0.4, -0.2) is 11.6 Å². The van der Waals surface area contributed by atoms with Gasteiger partial charge >= 0.3 is 5.97 Å². The summed E-state index contributed by atoms with van der Waals surface area (Å²) in [4.78, 5) is 11.6. The highest BCUT2D eigenvalue weighted by atomic mass is 79.9. The molecule has 0 spiro atoms. The lowest BCUT2D eigenvalue weighted by Gasteiger charge is -2.16. The molecule has 1 atom stereocenters. The molecule has 0 aliphatic rings. The van der Waals surface area contributed by atoms with Crippen molar-refractivity contribution in [1.29, 1.82) is 0 Å². The van der Waals surface area contributed by atoms with Crippen LogP contribution in [-0.2, 0) is 9.53 Å². The zero-order valence-corrected chi connectivity index (χ0v) is 16.0. The van der Waals surface area contributed by atoms with Crippen molar-refractivity contribution in [3.8, 4) is 11.8 Å². The van der Waals surface area contributed by atoms with Crippen molar-refractivity contribution in [3.63, 3.8) is 0 Å². The molecule has 1 unspecified atom stereocenters. The number of rotatable bonds is 4. The van der Waals surface area contributed by atoms with Crippen LogP contribution in [0.2, 0.25) is 10.0 Å². The van der Waals surface area contributed by atoms with Gasteiger partial charge in [-0.25, -0.2) is 4.79 Å². The predicted octanol–water partition coefficient (Wildman–Crippen LogP) is 5.94. The highest BCUT2D eigenvalue weighted by molar-refractivity contribution is 9.09. The summed E-state index contributed by atoms with van der Waals surface area (Å²) in [5.74, 6) is 4.87. The Bertz CT molecular complexity index is 583. The van der Waals surface area contributed by atoms with Gasteiger partial charge in [0.25, 0.3) is 0 Å². The topological polar surface area (TPSA) is 26.3 Å². The van der Waals surface area contributed by atoms with E-state index in [1.165, 1.54) is 0 Å². The first kappa shape index (κ1) is 19.4. The number of hydrogen-bond donors (Lipinski definition) is 0. The van der Waals surface area contributed by atoms with E-state index in [-0.39, 0.29) is 4.83 Å². The summed E-state index contributed by atoms with van der Waals surface area (Å²) in [5.41, 5.74) is 0.579. The normalized spacial score (nSPS) is 12.3. The Labute approximate surface area is 150 Å². The van der Waals surface area contributed by atoms with E-state index in [1.807, 2.05) is 32.9 Å². The van der Waals surface area contributed by atoms with Gasteiger partial charge in [-0.15, -0.1) is 0 Å². The van der Waals surface area contributed by atoms with Gasteiger partial charge in [-0.05, 0) is 51.3 Å². The number of alkyl halides is 1. The van der Waals surface area contributed by atoms with Crippen LogP contribution < -0.4 is 0 Å². The minimum Gasteiger partial charge on any atom is -0.450 e. The van der Waals surface area contributed by atoms with Crippen molar-refractivity contribution in [2.75, 3.05) is 0 Å². The highest BCUT2D eigenvalue weighted by Gasteiger charge is 2.14. The molecule has 22 heavy (non-hydrogen) atoms. The van der Waals surface area contributed by atoms with Crippen LogP contribution in [0.3, 0.4) is 0 Å². The van der Waals surface area contributed by atoms with E-state index in [0.717, 1.165) is 18.4 Å². The SMILES string of the molecule is CC(C)(C)OC(=O)C#CCCCC(Br)c1ccc(Cl)c(Cl)c1. The van der Waals surface area contributed by atoms with Crippen molar-refractivity contribution >= 4 is 45.1 Å². The molecule has 0 heterocycles. The number of carbonyl (C=O) groups is 1. The second kappa shape index (κ2) is 8.82. The molecular weight excluding hydrogens is 387 g/mol. The third kappa shape index (κ3) is 7.54. The Morgan fingerprint density at radius 1 is 1.32 bits per heavy atom. The average molecular weight is 406 g/mol. The lowest BCUT2D eigenvalue weighted by Crippen LogP contribution is -2.22. The molecule has 0 aliphatic carbocycles. The molecule has 0 fully saturated rings. The minimum atomic E-state index is -0.499. The molecule has 1 rings (SSSR count). The maximum Gasteiger partial charge on any atom is 0.384 e. The summed E-state index contributed by atoms with van der Waals surface area (Å²) >= 11 is 15.5. The van der Waals surface area contributed by atoms with E-state index in [1.54, 1.807) is 6.07 Å². The number of ether oxygens (including phenoxy) is 1. The van der Waals surface area contributed by atoms with E-state index >= 15 is 0 Å². The zero-order valence-electron chi connectivity index (χ0n) is 12.9. The van der Waals surface area contributed by atoms with Crippen LogP contribution in [0, 0.1) is 11.8 Å². The van der Waals surface area contributed by atoms with E-state index in [2.05, 4.69) is 27.8 Å². The van der Waals surface area contributed by atoms with Gasteiger partial charge in [-0.3, -0.25) is 0 Å². The molecule has 120 valence electrons. The first-order valence-electron chi connectivity index (χ1n) is 7.00. The van der Waals surface area contributed by atoms with Gasteiger partial charge in [-0.2, -0.15) is 0 Å². The highest BCUT2D eigenvalue weighted by Crippen LogP contribution is 2.32. The first-order valence-corrected chi connectivity index (χ1v) is 8.67. The summed E-state index contributed by atoms with van der Waals surface area (Å²) < 4.78 is 5.11.